The molecule has 37 heavy (non-hydrogen) atoms. The highest BCUT2D eigenvalue weighted by molar-refractivity contribution is 5.82. The van der Waals surface area contributed by atoms with E-state index in [4.69, 9.17) is 4.74 Å². The number of fused-ring (bicyclic) bond motifs is 1. The van der Waals surface area contributed by atoms with Crippen molar-refractivity contribution in [3.63, 3.8) is 0 Å². The number of anilines is 1. The molecular weight excluding hydrogens is 458 g/mol. The maximum absolute atomic E-state index is 6.28. The van der Waals surface area contributed by atoms with Gasteiger partial charge >= 0.3 is 0 Å². The Morgan fingerprint density at radius 3 is 2.43 bits per heavy atom. The lowest BCUT2D eigenvalue weighted by atomic mass is 9.94. The van der Waals surface area contributed by atoms with Crippen molar-refractivity contribution in [3.8, 4) is 28.4 Å². The van der Waals surface area contributed by atoms with Crippen LogP contribution in [0.3, 0.4) is 0 Å². The summed E-state index contributed by atoms with van der Waals surface area (Å²) in [5, 5.41) is 5.69. The van der Waals surface area contributed by atoms with Crippen molar-refractivity contribution in [2.24, 2.45) is 0 Å². The molecule has 0 atom stereocenters. The molecule has 5 aromatic rings. The van der Waals surface area contributed by atoms with E-state index in [0.29, 0.717) is 0 Å². The molecule has 0 unspecified atom stereocenters. The minimum absolute atomic E-state index is 0.752. The third-order valence-corrected chi connectivity index (χ3v) is 6.73. The van der Waals surface area contributed by atoms with Gasteiger partial charge < -0.3 is 14.5 Å². The first-order valence-electron chi connectivity index (χ1n) is 12.4. The molecule has 0 spiro atoms. The largest absolute Gasteiger partial charge is 0.457 e. The summed E-state index contributed by atoms with van der Waals surface area (Å²) in [7, 11) is 2.06. The van der Waals surface area contributed by atoms with E-state index in [1.54, 1.807) is 0 Å². The Kier molecular flexibility index (Phi) is 5.64. The Morgan fingerprint density at radius 2 is 1.65 bits per heavy atom. The van der Waals surface area contributed by atoms with Gasteiger partial charge in [-0.2, -0.15) is 5.10 Å². The van der Waals surface area contributed by atoms with Crippen LogP contribution in [-0.4, -0.2) is 33.4 Å². The summed E-state index contributed by atoms with van der Waals surface area (Å²) in [4.78, 5) is 8.97. The van der Waals surface area contributed by atoms with Gasteiger partial charge in [0, 0.05) is 48.9 Å². The highest BCUT2D eigenvalue weighted by Crippen LogP contribution is 2.32. The van der Waals surface area contributed by atoms with E-state index in [9.17, 15) is 0 Å². The summed E-state index contributed by atoms with van der Waals surface area (Å²) in [6.07, 6.45) is 7.86. The van der Waals surface area contributed by atoms with Crippen LogP contribution in [0.2, 0.25) is 0 Å². The van der Waals surface area contributed by atoms with Gasteiger partial charge in [0.05, 0.1) is 18.4 Å². The van der Waals surface area contributed by atoms with E-state index in [2.05, 4.69) is 96.5 Å². The van der Waals surface area contributed by atoms with E-state index in [0.717, 1.165) is 46.1 Å². The molecule has 6 rings (SSSR count). The van der Waals surface area contributed by atoms with Crippen LogP contribution in [0.4, 0.5) is 5.69 Å². The highest BCUT2D eigenvalue weighted by atomic mass is 16.5. The maximum atomic E-state index is 6.28. The molecule has 2 aromatic heterocycles. The molecule has 0 amide bonds. The van der Waals surface area contributed by atoms with Crippen molar-refractivity contribution >= 4 is 16.6 Å². The van der Waals surface area contributed by atoms with E-state index in [1.807, 2.05) is 47.4 Å². The number of rotatable bonds is 5. The summed E-state index contributed by atoms with van der Waals surface area (Å²) in [6, 6.07) is 22.8. The second kappa shape index (κ2) is 9.13. The van der Waals surface area contributed by atoms with Gasteiger partial charge in [-0.15, -0.1) is 0 Å². The van der Waals surface area contributed by atoms with E-state index < -0.39 is 0 Å². The van der Waals surface area contributed by atoms with Gasteiger partial charge in [0.25, 0.3) is 0 Å². The van der Waals surface area contributed by atoms with Crippen LogP contribution in [0.1, 0.15) is 16.7 Å². The minimum atomic E-state index is 0.752. The van der Waals surface area contributed by atoms with Crippen LogP contribution in [0.15, 0.2) is 91.5 Å². The molecule has 0 radical (unpaired) electrons. The molecule has 3 aromatic carbocycles. The first-order chi connectivity index (χ1) is 17.9. The third kappa shape index (κ3) is 4.42. The van der Waals surface area contributed by atoms with Gasteiger partial charge in [0.2, 0.25) is 0 Å². The Balaban J connectivity index is 1.33. The average molecular weight is 488 g/mol. The van der Waals surface area contributed by atoms with E-state index >= 15 is 0 Å². The predicted molar refractivity (Wildman–Crippen MR) is 149 cm³/mol. The zero-order chi connectivity index (χ0) is 25.5. The van der Waals surface area contributed by atoms with E-state index in [1.165, 1.54) is 22.3 Å². The lowest BCUT2D eigenvalue weighted by molar-refractivity contribution is 0.481. The Bertz CT molecular complexity index is 1630. The molecule has 1 aliphatic heterocycles. The molecule has 0 aliphatic carbocycles. The van der Waals surface area contributed by atoms with Crippen LogP contribution in [0.5, 0.6) is 11.5 Å². The van der Waals surface area contributed by atoms with Crippen LogP contribution >= 0.6 is 0 Å². The van der Waals surface area contributed by atoms with Gasteiger partial charge in [-0.25, -0.2) is 9.67 Å². The zero-order valence-electron chi connectivity index (χ0n) is 21.5. The maximum Gasteiger partial charge on any atom is 0.154 e. The highest BCUT2D eigenvalue weighted by Gasteiger charge is 2.14. The van der Waals surface area contributed by atoms with Gasteiger partial charge in [-0.05, 0) is 79.4 Å². The Morgan fingerprint density at radius 1 is 0.838 bits per heavy atom. The molecule has 6 nitrogen and oxygen atoms in total. The van der Waals surface area contributed by atoms with Crippen molar-refractivity contribution in [1.29, 1.82) is 0 Å². The fraction of sp³-hybridized carbons (Fsp3) is 0.161. The third-order valence-electron chi connectivity index (χ3n) is 6.73. The van der Waals surface area contributed by atoms with Crippen LogP contribution < -0.4 is 9.64 Å². The quantitative estimate of drug-likeness (QED) is 0.267. The number of benzene rings is 3. The Labute approximate surface area is 217 Å². The van der Waals surface area contributed by atoms with E-state index in [-0.39, 0.29) is 0 Å². The molecule has 3 heterocycles. The lowest BCUT2D eigenvalue weighted by Crippen LogP contribution is -2.21. The molecule has 0 saturated carbocycles. The van der Waals surface area contributed by atoms with Crippen molar-refractivity contribution in [1.82, 2.24) is 19.7 Å². The minimum Gasteiger partial charge on any atom is -0.457 e. The SMILES string of the molecule is Cc1cc(C)c(-c2ccnc(-n3ncc4ccc(Oc5cccc(N6C=CN(C)C6)c5)cc43)c2)c(C)c1. The summed E-state index contributed by atoms with van der Waals surface area (Å²) in [5.41, 5.74) is 8.20. The van der Waals surface area contributed by atoms with Crippen molar-refractivity contribution in [2.75, 3.05) is 18.6 Å². The van der Waals surface area contributed by atoms with Crippen LogP contribution in [0, 0.1) is 20.8 Å². The van der Waals surface area contributed by atoms with Crippen LogP contribution in [0.25, 0.3) is 27.8 Å². The first-order valence-corrected chi connectivity index (χ1v) is 12.4. The lowest BCUT2D eigenvalue weighted by Gasteiger charge is -2.19. The van der Waals surface area contributed by atoms with Crippen LogP contribution in [-0.2, 0) is 0 Å². The molecule has 0 saturated heterocycles. The van der Waals surface area contributed by atoms with Gasteiger partial charge in [-0.1, -0.05) is 23.8 Å². The summed E-state index contributed by atoms with van der Waals surface area (Å²) in [6.45, 7) is 7.28. The fourth-order valence-corrected chi connectivity index (χ4v) is 5.13. The van der Waals surface area contributed by atoms with Crippen molar-refractivity contribution in [2.45, 2.75) is 20.8 Å². The molecule has 0 fully saturated rings. The number of hydrogen-bond acceptors (Lipinski definition) is 5. The molecule has 0 bridgehead atoms. The summed E-state index contributed by atoms with van der Waals surface area (Å²) < 4.78 is 8.16. The number of hydrogen-bond donors (Lipinski definition) is 0. The smallest absolute Gasteiger partial charge is 0.154 e. The average Bonchev–Trinajstić information content (AvgIpc) is 3.50. The summed E-state index contributed by atoms with van der Waals surface area (Å²) >= 11 is 0. The van der Waals surface area contributed by atoms with Crippen molar-refractivity contribution in [3.05, 3.63) is 108 Å². The normalized spacial score (nSPS) is 13.1. The molecular formula is C31H29N5O. The molecule has 184 valence electrons. The van der Waals surface area contributed by atoms with Gasteiger partial charge in [0.1, 0.15) is 11.5 Å². The Hall–Kier alpha value is -4.58. The van der Waals surface area contributed by atoms with Gasteiger partial charge in [0.15, 0.2) is 5.82 Å². The second-order valence-corrected chi connectivity index (χ2v) is 9.72. The first kappa shape index (κ1) is 22.9. The standard InChI is InChI=1S/C31H29N5O/c1-21-14-22(2)31(23(3)15-21)24-10-11-32-30(16-24)36-29-18-28(9-8-25(29)19-33-36)37-27-7-5-6-26(17-27)35-13-12-34(4)20-35/h5-19H,20H2,1-4H3. The second-order valence-electron chi connectivity index (χ2n) is 9.72. The zero-order valence-corrected chi connectivity index (χ0v) is 21.5. The number of pyridine rings is 1. The van der Waals surface area contributed by atoms with Crippen molar-refractivity contribution < 1.29 is 4.74 Å². The molecule has 1 aliphatic rings. The molecule has 0 N–H and O–H groups in total. The van der Waals surface area contributed by atoms with Gasteiger partial charge in [-0.3, -0.25) is 0 Å². The monoisotopic (exact) mass is 487 g/mol. The fourth-order valence-electron chi connectivity index (χ4n) is 5.13. The predicted octanol–water partition coefficient (Wildman–Crippen LogP) is 6.99. The summed E-state index contributed by atoms with van der Waals surface area (Å²) in [5.74, 6) is 2.31. The number of aryl methyl sites for hydroxylation is 3. The number of nitrogens with zero attached hydrogens (tertiary/aromatic N) is 5. The topological polar surface area (TPSA) is 46.4 Å². The number of aromatic nitrogens is 3. The molecule has 6 heteroatoms. The number of ether oxygens (including phenoxy) is 1.